The molecule has 3 heterocycles. The summed E-state index contributed by atoms with van der Waals surface area (Å²) in [5.41, 5.74) is 2.45. The third kappa shape index (κ3) is 4.60. The van der Waals surface area contributed by atoms with E-state index in [1.165, 1.54) is 6.33 Å². The third-order valence-corrected chi connectivity index (χ3v) is 5.83. The average molecular weight is 444 g/mol. The van der Waals surface area contributed by atoms with E-state index < -0.39 is 12.0 Å². The SMILES string of the molecule is CC(C)n1cc(C(=O)C2CNC(=O)C(NC(=O)Cc3ccc(C#N)cc3)C2)c2cncnc21. The molecule has 33 heavy (non-hydrogen) atoms. The quantitative estimate of drug-likeness (QED) is 0.559. The summed E-state index contributed by atoms with van der Waals surface area (Å²) in [5, 5.41) is 15.1. The van der Waals surface area contributed by atoms with E-state index in [0.717, 1.165) is 5.56 Å². The van der Waals surface area contributed by atoms with Crippen molar-refractivity contribution in [3.8, 4) is 6.07 Å². The highest BCUT2D eigenvalue weighted by atomic mass is 16.2. The molecular weight excluding hydrogens is 420 g/mol. The molecule has 0 aliphatic carbocycles. The Kier molecular flexibility index (Phi) is 6.18. The van der Waals surface area contributed by atoms with Crippen LogP contribution in [0.5, 0.6) is 0 Å². The molecule has 9 nitrogen and oxygen atoms in total. The number of carbonyl (C=O) groups is 3. The van der Waals surface area contributed by atoms with Crippen LogP contribution in [0.1, 0.15) is 47.8 Å². The van der Waals surface area contributed by atoms with Crippen LogP contribution < -0.4 is 10.6 Å². The van der Waals surface area contributed by atoms with E-state index in [0.29, 0.717) is 22.2 Å². The van der Waals surface area contributed by atoms with Crippen LogP contribution in [-0.4, -0.2) is 44.7 Å². The van der Waals surface area contributed by atoms with Crippen LogP contribution in [0.4, 0.5) is 0 Å². The van der Waals surface area contributed by atoms with Crippen molar-refractivity contribution in [1.29, 1.82) is 5.26 Å². The van der Waals surface area contributed by atoms with E-state index in [1.807, 2.05) is 24.5 Å². The Morgan fingerprint density at radius 1 is 1.30 bits per heavy atom. The van der Waals surface area contributed by atoms with Crippen LogP contribution in [0.15, 0.2) is 43.0 Å². The second kappa shape index (κ2) is 9.20. The number of Topliss-reactive ketones (excluding diaryl/α,β-unsaturated/α-hetero) is 1. The van der Waals surface area contributed by atoms with Gasteiger partial charge in [0.1, 0.15) is 18.0 Å². The summed E-state index contributed by atoms with van der Waals surface area (Å²) in [5.74, 6) is -1.21. The predicted octanol–water partition coefficient (Wildman–Crippen LogP) is 1.93. The summed E-state index contributed by atoms with van der Waals surface area (Å²) < 4.78 is 1.93. The molecule has 3 aromatic rings. The highest BCUT2D eigenvalue weighted by molar-refractivity contribution is 6.09. The summed E-state index contributed by atoms with van der Waals surface area (Å²) in [4.78, 5) is 46.7. The van der Waals surface area contributed by atoms with Gasteiger partial charge < -0.3 is 15.2 Å². The number of rotatable bonds is 6. The molecule has 1 aromatic carbocycles. The molecule has 2 N–H and O–H groups in total. The number of carbonyl (C=O) groups excluding carboxylic acids is 3. The standard InChI is InChI=1S/C24H24N6O3/c1-14(2)30-12-19(18-11-26-13-28-23(18)30)22(32)17-8-20(24(33)27-10-17)29-21(31)7-15-3-5-16(9-25)6-4-15/h3-6,11-14,17,20H,7-8,10H2,1-2H3,(H,27,33)(H,29,31). The first-order chi connectivity index (χ1) is 15.9. The fraction of sp³-hybridized carbons (Fsp3) is 0.333. The maximum Gasteiger partial charge on any atom is 0.242 e. The van der Waals surface area contributed by atoms with Gasteiger partial charge in [-0.15, -0.1) is 0 Å². The number of benzene rings is 1. The Bertz CT molecular complexity index is 1260. The minimum atomic E-state index is -0.798. The largest absolute Gasteiger partial charge is 0.354 e. The summed E-state index contributed by atoms with van der Waals surface area (Å²) >= 11 is 0. The molecule has 0 spiro atoms. The molecule has 0 radical (unpaired) electrons. The number of amides is 2. The van der Waals surface area contributed by atoms with Gasteiger partial charge in [-0.1, -0.05) is 12.1 Å². The van der Waals surface area contributed by atoms with Crippen molar-refractivity contribution in [3.05, 3.63) is 59.7 Å². The maximum absolute atomic E-state index is 13.4. The van der Waals surface area contributed by atoms with Crippen LogP contribution in [0.25, 0.3) is 11.0 Å². The van der Waals surface area contributed by atoms with Gasteiger partial charge >= 0.3 is 0 Å². The first-order valence-corrected chi connectivity index (χ1v) is 10.8. The van der Waals surface area contributed by atoms with Crippen molar-refractivity contribution >= 4 is 28.6 Å². The van der Waals surface area contributed by atoms with E-state index in [2.05, 4.69) is 20.6 Å². The van der Waals surface area contributed by atoms with Crippen LogP contribution in [0.3, 0.4) is 0 Å². The second-order valence-electron chi connectivity index (χ2n) is 8.45. The van der Waals surface area contributed by atoms with Gasteiger partial charge in [0.05, 0.1) is 18.1 Å². The molecule has 2 aromatic heterocycles. The summed E-state index contributed by atoms with van der Waals surface area (Å²) in [6, 6.07) is 8.04. The van der Waals surface area contributed by atoms with Crippen molar-refractivity contribution < 1.29 is 14.4 Å². The predicted molar refractivity (Wildman–Crippen MR) is 120 cm³/mol. The molecule has 4 rings (SSSR count). The number of nitrogens with one attached hydrogen (secondary N) is 2. The van der Waals surface area contributed by atoms with Crippen molar-refractivity contribution in [3.63, 3.8) is 0 Å². The Morgan fingerprint density at radius 3 is 2.76 bits per heavy atom. The summed E-state index contributed by atoms with van der Waals surface area (Å²) in [6.07, 6.45) is 5.17. The summed E-state index contributed by atoms with van der Waals surface area (Å²) in [7, 11) is 0. The highest BCUT2D eigenvalue weighted by Crippen LogP contribution is 2.26. The van der Waals surface area contributed by atoms with Crippen molar-refractivity contribution in [1.82, 2.24) is 25.2 Å². The molecule has 1 saturated heterocycles. The molecule has 9 heteroatoms. The molecule has 168 valence electrons. The normalized spacial score (nSPS) is 18.1. The number of ketones is 1. The molecule has 1 aliphatic rings. The lowest BCUT2D eigenvalue weighted by atomic mass is 9.88. The lowest BCUT2D eigenvalue weighted by Crippen LogP contribution is -2.54. The van der Waals surface area contributed by atoms with E-state index in [1.54, 1.807) is 36.7 Å². The van der Waals surface area contributed by atoms with Crippen LogP contribution in [-0.2, 0) is 16.0 Å². The molecule has 2 amide bonds. The summed E-state index contributed by atoms with van der Waals surface area (Å²) in [6.45, 7) is 4.23. The molecule has 0 bridgehead atoms. The third-order valence-electron chi connectivity index (χ3n) is 5.83. The van der Waals surface area contributed by atoms with Gasteiger partial charge in [0.15, 0.2) is 5.78 Å². The van der Waals surface area contributed by atoms with Crippen LogP contribution in [0.2, 0.25) is 0 Å². The van der Waals surface area contributed by atoms with E-state index in [4.69, 9.17) is 5.26 Å². The molecule has 0 saturated carbocycles. The zero-order chi connectivity index (χ0) is 23.5. The minimum absolute atomic E-state index is 0.0767. The van der Waals surface area contributed by atoms with E-state index in [9.17, 15) is 14.4 Å². The zero-order valence-corrected chi connectivity index (χ0v) is 18.4. The Labute approximate surface area is 190 Å². The van der Waals surface area contributed by atoms with Crippen molar-refractivity contribution in [2.75, 3.05) is 6.54 Å². The zero-order valence-electron chi connectivity index (χ0n) is 18.4. The van der Waals surface area contributed by atoms with Gasteiger partial charge in [-0.05, 0) is 38.0 Å². The number of hydrogen-bond acceptors (Lipinski definition) is 6. The van der Waals surface area contributed by atoms with Crippen LogP contribution in [0, 0.1) is 17.2 Å². The molecule has 2 unspecified atom stereocenters. The second-order valence-corrected chi connectivity index (χ2v) is 8.45. The van der Waals surface area contributed by atoms with E-state index in [-0.39, 0.29) is 43.0 Å². The van der Waals surface area contributed by atoms with Crippen LogP contribution >= 0.6 is 0 Å². The topological polar surface area (TPSA) is 130 Å². The molecule has 2 atom stereocenters. The number of hydrogen-bond donors (Lipinski definition) is 2. The Hall–Kier alpha value is -4.06. The van der Waals surface area contributed by atoms with E-state index >= 15 is 0 Å². The minimum Gasteiger partial charge on any atom is -0.354 e. The molecule has 1 aliphatic heterocycles. The lowest BCUT2D eigenvalue weighted by Gasteiger charge is -2.28. The Balaban J connectivity index is 1.48. The monoisotopic (exact) mass is 444 g/mol. The first kappa shape index (κ1) is 22.1. The average Bonchev–Trinajstić information content (AvgIpc) is 3.20. The van der Waals surface area contributed by atoms with Gasteiger partial charge in [0, 0.05) is 41.8 Å². The number of nitrogens with zero attached hydrogens (tertiary/aromatic N) is 4. The van der Waals surface area contributed by atoms with Gasteiger partial charge in [0.25, 0.3) is 0 Å². The lowest BCUT2D eigenvalue weighted by molar-refractivity contribution is -0.130. The number of aromatic nitrogens is 3. The number of fused-ring (bicyclic) bond motifs is 1. The van der Waals surface area contributed by atoms with Crippen molar-refractivity contribution in [2.24, 2.45) is 5.92 Å². The maximum atomic E-state index is 13.4. The fourth-order valence-corrected chi connectivity index (χ4v) is 4.07. The number of nitriles is 1. The van der Waals surface area contributed by atoms with Gasteiger partial charge in [0.2, 0.25) is 11.8 Å². The molecular formula is C24H24N6O3. The first-order valence-electron chi connectivity index (χ1n) is 10.8. The highest BCUT2D eigenvalue weighted by Gasteiger charge is 2.35. The number of piperidine rings is 1. The van der Waals surface area contributed by atoms with Crippen molar-refractivity contribution in [2.45, 2.75) is 38.8 Å². The Morgan fingerprint density at radius 2 is 2.06 bits per heavy atom. The van der Waals surface area contributed by atoms with Gasteiger partial charge in [-0.3, -0.25) is 14.4 Å². The van der Waals surface area contributed by atoms with Gasteiger partial charge in [-0.2, -0.15) is 5.26 Å². The fourth-order valence-electron chi connectivity index (χ4n) is 4.07. The smallest absolute Gasteiger partial charge is 0.242 e. The molecule has 1 fully saturated rings. The van der Waals surface area contributed by atoms with Gasteiger partial charge in [-0.25, -0.2) is 9.97 Å².